The fraction of sp³-hybridized carbons (Fsp3) is 0.154. The summed E-state index contributed by atoms with van der Waals surface area (Å²) < 4.78 is 19.4. The van der Waals surface area contributed by atoms with Gasteiger partial charge in [-0.1, -0.05) is 42.0 Å². The molecule has 0 fully saturated rings. The minimum Gasteiger partial charge on any atom is -0.497 e. The van der Waals surface area contributed by atoms with E-state index in [4.69, 9.17) is 4.74 Å². The van der Waals surface area contributed by atoms with Crippen LogP contribution in [-0.4, -0.2) is 28.1 Å². The number of nitrogens with zero attached hydrogens (tertiary/aromatic N) is 2. The van der Waals surface area contributed by atoms with Gasteiger partial charge in [-0.2, -0.15) is 5.10 Å². The Balaban J connectivity index is 1.62. The van der Waals surface area contributed by atoms with Gasteiger partial charge < -0.3 is 9.64 Å². The van der Waals surface area contributed by atoms with Crippen molar-refractivity contribution in [1.29, 1.82) is 0 Å². The van der Waals surface area contributed by atoms with Crippen molar-refractivity contribution in [3.63, 3.8) is 0 Å². The van der Waals surface area contributed by atoms with Crippen molar-refractivity contribution in [3.8, 4) is 17.0 Å². The van der Waals surface area contributed by atoms with E-state index in [0.29, 0.717) is 23.5 Å². The molecule has 0 saturated carbocycles. The number of rotatable bonds is 5. The van der Waals surface area contributed by atoms with Gasteiger partial charge in [0.25, 0.3) is 5.91 Å². The summed E-state index contributed by atoms with van der Waals surface area (Å²) >= 11 is 0. The van der Waals surface area contributed by atoms with Crippen LogP contribution in [0.2, 0.25) is 0 Å². The zero-order valence-electron chi connectivity index (χ0n) is 17.8. The maximum absolute atomic E-state index is 14.2. The number of amides is 1. The third-order valence-electron chi connectivity index (χ3n) is 5.87. The van der Waals surface area contributed by atoms with Crippen LogP contribution in [-0.2, 0) is 6.54 Å². The van der Waals surface area contributed by atoms with Crippen molar-refractivity contribution < 1.29 is 13.9 Å². The van der Waals surface area contributed by atoms with Crippen LogP contribution in [0.5, 0.6) is 5.75 Å². The lowest BCUT2D eigenvalue weighted by Crippen LogP contribution is -2.29. The molecule has 32 heavy (non-hydrogen) atoms. The molecule has 3 aromatic carbocycles. The molecule has 0 spiro atoms. The Morgan fingerprint density at radius 3 is 2.50 bits per heavy atom. The number of hydrogen-bond donors (Lipinski definition) is 1. The lowest BCUT2D eigenvalue weighted by atomic mass is 9.95. The van der Waals surface area contributed by atoms with Gasteiger partial charge >= 0.3 is 0 Å². The van der Waals surface area contributed by atoms with Crippen molar-refractivity contribution in [2.75, 3.05) is 7.11 Å². The number of carbonyl (C=O) groups excluding carboxylic acids is 1. The molecule has 0 saturated heterocycles. The summed E-state index contributed by atoms with van der Waals surface area (Å²) in [5, 5.41) is 7.39. The van der Waals surface area contributed by atoms with Crippen LogP contribution in [0.3, 0.4) is 0 Å². The zero-order chi connectivity index (χ0) is 22.2. The molecule has 1 aromatic heterocycles. The minimum absolute atomic E-state index is 0.151. The minimum atomic E-state index is -0.453. The van der Waals surface area contributed by atoms with Gasteiger partial charge in [0, 0.05) is 17.7 Å². The number of hydrogen-bond acceptors (Lipinski definition) is 3. The van der Waals surface area contributed by atoms with E-state index >= 15 is 0 Å². The van der Waals surface area contributed by atoms with Gasteiger partial charge in [-0.25, -0.2) is 4.39 Å². The molecule has 1 atom stereocenters. The van der Waals surface area contributed by atoms with E-state index in [-0.39, 0.29) is 11.7 Å². The number of aromatic amines is 1. The molecule has 1 amide bonds. The molecule has 6 heteroatoms. The first-order chi connectivity index (χ1) is 15.5. The van der Waals surface area contributed by atoms with Crippen molar-refractivity contribution in [2.24, 2.45) is 0 Å². The predicted octanol–water partition coefficient (Wildman–Crippen LogP) is 5.28. The molecule has 2 heterocycles. The van der Waals surface area contributed by atoms with E-state index < -0.39 is 6.04 Å². The number of methoxy groups -OCH3 is 1. The van der Waals surface area contributed by atoms with Gasteiger partial charge in [0.05, 0.1) is 18.8 Å². The smallest absolute Gasteiger partial charge is 0.273 e. The Bertz CT molecular complexity index is 1280. The van der Waals surface area contributed by atoms with E-state index in [9.17, 15) is 9.18 Å². The predicted molar refractivity (Wildman–Crippen MR) is 120 cm³/mol. The summed E-state index contributed by atoms with van der Waals surface area (Å²) in [6.07, 6.45) is 0. The Morgan fingerprint density at radius 1 is 1.06 bits per heavy atom. The fourth-order valence-corrected chi connectivity index (χ4v) is 4.24. The van der Waals surface area contributed by atoms with Crippen LogP contribution in [0.4, 0.5) is 4.39 Å². The molecule has 1 unspecified atom stereocenters. The number of nitrogens with one attached hydrogen (secondary N) is 1. The Morgan fingerprint density at radius 2 is 1.81 bits per heavy atom. The second-order valence-electron chi connectivity index (χ2n) is 7.97. The van der Waals surface area contributed by atoms with Crippen molar-refractivity contribution >= 4 is 5.91 Å². The van der Waals surface area contributed by atoms with Gasteiger partial charge in [0.1, 0.15) is 17.3 Å². The lowest BCUT2D eigenvalue weighted by molar-refractivity contribution is 0.0730. The van der Waals surface area contributed by atoms with Gasteiger partial charge in [-0.15, -0.1) is 0 Å². The summed E-state index contributed by atoms with van der Waals surface area (Å²) in [6.45, 7) is 2.43. The van der Waals surface area contributed by atoms with Crippen molar-refractivity contribution in [3.05, 3.63) is 107 Å². The molecule has 4 aromatic rings. The van der Waals surface area contributed by atoms with Crippen molar-refractivity contribution in [2.45, 2.75) is 19.5 Å². The van der Waals surface area contributed by atoms with E-state index in [2.05, 4.69) is 10.2 Å². The number of H-pyrrole nitrogens is 1. The molecule has 0 bridgehead atoms. The van der Waals surface area contributed by atoms with E-state index in [1.54, 1.807) is 18.1 Å². The first-order valence-corrected chi connectivity index (χ1v) is 10.4. The average molecular weight is 427 g/mol. The number of ether oxygens (including phenoxy) is 1. The molecule has 160 valence electrons. The van der Waals surface area contributed by atoms with Crippen LogP contribution in [0.1, 0.15) is 38.8 Å². The highest BCUT2D eigenvalue weighted by Crippen LogP contribution is 2.43. The molecule has 1 aliphatic rings. The number of aromatic nitrogens is 2. The van der Waals surface area contributed by atoms with Crippen LogP contribution in [0.15, 0.2) is 72.8 Å². The molecule has 0 aliphatic carbocycles. The van der Waals surface area contributed by atoms with Gasteiger partial charge in [0.15, 0.2) is 0 Å². The fourth-order valence-electron chi connectivity index (χ4n) is 4.24. The second kappa shape index (κ2) is 7.96. The first kappa shape index (κ1) is 20.0. The molecule has 5 rings (SSSR count). The summed E-state index contributed by atoms with van der Waals surface area (Å²) in [5.74, 6) is 0.245. The van der Waals surface area contributed by atoms with Crippen LogP contribution < -0.4 is 4.74 Å². The number of fused-ring (bicyclic) bond motifs is 1. The summed E-state index contributed by atoms with van der Waals surface area (Å²) in [4.78, 5) is 15.2. The highest BCUT2D eigenvalue weighted by Gasteiger charge is 2.42. The topological polar surface area (TPSA) is 58.2 Å². The highest BCUT2D eigenvalue weighted by molar-refractivity contribution is 6.00. The molecular formula is C26H22FN3O2. The van der Waals surface area contributed by atoms with Crippen LogP contribution >= 0.6 is 0 Å². The quantitative estimate of drug-likeness (QED) is 0.472. The standard InChI is InChI=1S/C26H22FN3O2/c1-16-6-8-17(9-7-16)15-30-25(19-4-3-5-20(27)14-19)22-23(28-29-24(22)26(30)31)18-10-12-21(32-2)13-11-18/h3-14,25H,15H2,1-2H3,(H,28,29). The van der Waals surface area contributed by atoms with E-state index in [1.165, 1.54) is 12.1 Å². The Hall–Kier alpha value is -3.93. The normalized spacial score (nSPS) is 15.2. The van der Waals surface area contributed by atoms with E-state index in [1.807, 2.05) is 61.5 Å². The molecule has 1 aliphatic heterocycles. The van der Waals surface area contributed by atoms with Gasteiger partial charge in [0.2, 0.25) is 0 Å². The van der Waals surface area contributed by atoms with Gasteiger partial charge in [-0.05, 0) is 54.4 Å². The number of aryl methyl sites for hydroxylation is 1. The molecular weight excluding hydrogens is 405 g/mol. The Kier molecular flexibility index (Phi) is 4.98. The third kappa shape index (κ3) is 3.43. The number of benzene rings is 3. The Labute approximate surface area is 185 Å². The molecule has 0 radical (unpaired) electrons. The summed E-state index contributed by atoms with van der Waals surface area (Å²) in [6, 6.07) is 21.6. The highest BCUT2D eigenvalue weighted by atomic mass is 19.1. The van der Waals surface area contributed by atoms with E-state index in [0.717, 1.165) is 28.0 Å². The lowest BCUT2D eigenvalue weighted by Gasteiger charge is -2.26. The SMILES string of the molecule is COc1ccc(-c2n[nH]c3c2C(c2cccc(F)c2)N(Cc2ccc(C)cc2)C3=O)cc1. The largest absolute Gasteiger partial charge is 0.497 e. The summed E-state index contributed by atoms with van der Waals surface area (Å²) in [5.41, 5.74) is 5.61. The number of halogens is 1. The summed E-state index contributed by atoms with van der Waals surface area (Å²) in [7, 11) is 1.61. The van der Waals surface area contributed by atoms with Crippen LogP contribution in [0.25, 0.3) is 11.3 Å². The molecule has 1 N–H and O–H groups in total. The number of carbonyl (C=O) groups is 1. The second-order valence-corrected chi connectivity index (χ2v) is 7.97. The van der Waals surface area contributed by atoms with Crippen LogP contribution in [0, 0.1) is 12.7 Å². The van der Waals surface area contributed by atoms with Gasteiger partial charge in [-0.3, -0.25) is 9.89 Å². The zero-order valence-corrected chi connectivity index (χ0v) is 17.8. The maximum Gasteiger partial charge on any atom is 0.273 e. The first-order valence-electron chi connectivity index (χ1n) is 10.4. The van der Waals surface area contributed by atoms with Crippen molar-refractivity contribution in [1.82, 2.24) is 15.1 Å². The average Bonchev–Trinajstić information content (AvgIpc) is 3.35. The molecule has 5 nitrogen and oxygen atoms in total. The third-order valence-corrected chi connectivity index (χ3v) is 5.87. The maximum atomic E-state index is 14.2. The monoisotopic (exact) mass is 427 g/mol.